The van der Waals surface area contributed by atoms with Gasteiger partial charge in [0.1, 0.15) is 5.60 Å². The van der Waals surface area contributed by atoms with Crippen LogP contribution in [0.15, 0.2) is 11.6 Å². The monoisotopic (exact) mass is 404 g/mol. The molecule has 0 heterocycles. The molecule has 2 N–H and O–H groups in total. The highest BCUT2D eigenvalue weighted by atomic mass is 16.5. The number of aliphatic hydroxyl groups is 2. The summed E-state index contributed by atoms with van der Waals surface area (Å²) >= 11 is 0. The summed E-state index contributed by atoms with van der Waals surface area (Å²) in [6.45, 7) is 7.40. The minimum atomic E-state index is -1.44. The molecule has 4 rings (SSSR count). The van der Waals surface area contributed by atoms with E-state index in [-0.39, 0.29) is 35.7 Å². The zero-order valence-electron chi connectivity index (χ0n) is 18.2. The average Bonchev–Trinajstić information content (AvgIpc) is 2.88. The van der Waals surface area contributed by atoms with Crippen LogP contribution in [-0.4, -0.2) is 40.3 Å². The molecule has 0 bridgehead atoms. The van der Waals surface area contributed by atoms with Crippen LogP contribution in [0.2, 0.25) is 0 Å². The molecule has 0 aromatic heterocycles. The van der Waals surface area contributed by atoms with E-state index in [1.54, 1.807) is 0 Å². The van der Waals surface area contributed by atoms with E-state index in [9.17, 15) is 19.8 Å². The number of fused-ring (bicyclic) bond motifs is 5. The fourth-order valence-electron chi connectivity index (χ4n) is 7.85. The molecule has 3 fully saturated rings. The summed E-state index contributed by atoms with van der Waals surface area (Å²) in [6, 6.07) is 0. The zero-order chi connectivity index (χ0) is 21.2. The van der Waals surface area contributed by atoms with Gasteiger partial charge in [-0.2, -0.15) is 0 Å². The van der Waals surface area contributed by atoms with Crippen molar-refractivity contribution in [3.8, 4) is 0 Å². The van der Waals surface area contributed by atoms with Crippen LogP contribution in [0, 0.1) is 34.5 Å². The summed E-state index contributed by atoms with van der Waals surface area (Å²) in [5, 5.41) is 21.9. The van der Waals surface area contributed by atoms with Gasteiger partial charge in [-0.1, -0.05) is 32.4 Å². The standard InChI is InChI=1S/C24H36O5/c1-14-11-20-18-6-5-16-12-17(26)7-9-22(16,3)19(18)8-10-23(20,4)24(14,28)21(27)13-29-15(2)25/h5,14,17-20,26,28H,6-13H2,1-4H3/t14-,17+,18-,19+,20+,22+,23+,24+/m0/s1. The molecule has 0 saturated heterocycles. The summed E-state index contributed by atoms with van der Waals surface area (Å²) in [5.41, 5.74) is -0.366. The first-order valence-corrected chi connectivity index (χ1v) is 11.3. The van der Waals surface area contributed by atoms with Gasteiger partial charge in [0.25, 0.3) is 0 Å². The Morgan fingerprint density at radius 1 is 1.21 bits per heavy atom. The molecule has 0 radical (unpaired) electrons. The Kier molecular flexibility index (Phi) is 5.02. The molecule has 0 spiro atoms. The third kappa shape index (κ3) is 2.87. The highest BCUT2D eigenvalue weighted by molar-refractivity contribution is 5.91. The van der Waals surface area contributed by atoms with E-state index in [4.69, 9.17) is 4.74 Å². The van der Waals surface area contributed by atoms with Crippen LogP contribution in [0.5, 0.6) is 0 Å². The van der Waals surface area contributed by atoms with Crippen molar-refractivity contribution in [1.29, 1.82) is 0 Å². The number of hydrogen-bond acceptors (Lipinski definition) is 5. The van der Waals surface area contributed by atoms with Crippen molar-refractivity contribution in [2.45, 2.75) is 84.3 Å². The lowest BCUT2D eigenvalue weighted by molar-refractivity contribution is -0.173. The molecule has 0 unspecified atom stereocenters. The van der Waals surface area contributed by atoms with Crippen LogP contribution in [0.4, 0.5) is 0 Å². The van der Waals surface area contributed by atoms with Crippen molar-refractivity contribution in [2.75, 3.05) is 6.61 Å². The number of esters is 1. The summed E-state index contributed by atoms with van der Waals surface area (Å²) in [6.07, 6.45) is 8.45. The number of rotatable bonds is 3. The lowest BCUT2D eigenvalue weighted by Crippen LogP contribution is -2.59. The number of Topliss-reactive ketones (excluding diaryl/α,β-unsaturated/α-hetero) is 1. The maximum Gasteiger partial charge on any atom is 0.303 e. The number of carbonyl (C=O) groups excluding carboxylic acids is 2. The highest BCUT2D eigenvalue weighted by Crippen LogP contribution is 2.68. The van der Waals surface area contributed by atoms with Crippen molar-refractivity contribution in [3.63, 3.8) is 0 Å². The average molecular weight is 405 g/mol. The molecule has 3 saturated carbocycles. The molecule has 162 valence electrons. The normalized spacial score (nSPS) is 48.8. The fraction of sp³-hybridized carbons (Fsp3) is 0.833. The van der Waals surface area contributed by atoms with E-state index < -0.39 is 17.0 Å². The highest BCUT2D eigenvalue weighted by Gasteiger charge is 2.68. The lowest BCUT2D eigenvalue weighted by Gasteiger charge is -2.58. The third-order valence-corrected chi connectivity index (χ3v) is 9.49. The SMILES string of the molecule is CC(=O)OCC(=O)[C@]1(O)[C@@H](C)C[C@@H]2[C@H]3CC=C4C[C@H](O)CC[C@@]4(C)[C@@H]3CC[C@]21C. The van der Waals surface area contributed by atoms with E-state index in [2.05, 4.69) is 19.9 Å². The Labute approximate surface area is 173 Å². The van der Waals surface area contributed by atoms with Crippen molar-refractivity contribution >= 4 is 11.8 Å². The summed E-state index contributed by atoms with van der Waals surface area (Å²) < 4.78 is 4.98. The number of carbonyl (C=O) groups is 2. The van der Waals surface area contributed by atoms with Crippen LogP contribution in [-0.2, 0) is 14.3 Å². The first-order valence-electron chi connectivity index (χ1n) is 11.3. The first-order chi connectivity index (χ1) is 13.5. The maximum absolute atomic E-state index is 13.1. The molecule has 5 heteroatoms. The lowest BCUT2D eigenvalue weighted by atomic mass is 9.46. The Hall–Kier alpha value is -1.20. The number of allylic oxidation sites excluding steroid dienone is 1. The minimum Gasteiger partial charge on any atom is -0.458 e. The van der Waals surface area contributed by atoms with Gasteiger partial charge in [-0.15, -0.1) is 0 Å². The molecule has 5 nitrogen and oxygen atoms in total. The summed E-state index contributed by atoms with van der Waals surface area (Å²) in [5.74, 6) is 0.301. The van der Waals surface area contributed by atoms with Gasteiger partial charge in [0.2, 0.25) is 5.78 Å². The molecule has 8 atom stereocenters. The van der Waals surface area contributed by atoms with Gasteiger partial charge in [0, 0.05) is 12.3 Å². The van der Waals surface area contributed by atoms with Gasteiger partial charge < -0.3 is 14.9 Å². The van der Waals surface area contributed by atoms with Gasteiger partial charge in [-0.05, 0) is 74.0 Å². The van der Waals surface area contributed by atoms with Crippen LogP contribution in [0.25, 0.3) is 0 Å². The van der Waals surface area contributed by atoms with E-state index in [0.717, 1.165) is 44.9 Å². The molecule has 0 aromatic rings. The van der Waals surface area contributed by atoms with Gasteiger partial charge in [0.15, 0.2) is 6.61 Å². The third-order valence-electron chi connectivity index (χ3n) is 9.49. The molecular formula is C24H36O5. The number of ketones is 1. The first kappa shape index (κ1) is 21.0. The zero-order valence-corrected chi connectivity index (χ0v) is 18.2. The number of hydrogen-bond donors (Lipinski definition) is 2. The van der Waals surface area contributed by atoms with Crippen LogP contribution >= 0.6 is 0 Å². The van der Waals surface area contributed by atoms with Gasteiger partial charge >= 0.3 is 5.97 Å². The second-order valence-electron chi connectivity index (χ2n) is 10.7. The Morgan fingerprint density at radius 3 is 2.62 bits per heavy atom. The number of aliphatic hydroxyl groups excluding tert-OH is 1. The predicted molar refractivity (Wildman–Crippen MR) is 109 cm³/mol. The summed E-state index contributed by atoms with van der Waals surface area (Å²) in [7, 11) is 0. The van der Waals surface area contributed by atoms with Crippen LogP contribution in [0.1, 0.15) is 72.6 Å². The van der Waals surface area contributed by atoms with E-state index in [0.29, 0.717) is 11.8 Å². The van der Waals surface area contributed by atoms with E-state index in [1.165, 1.54) is 12.5 Å². The van der Waals surface area contributed by atoms with Crippen molar-refractivity contribution in [3.05, 3.63) is 11.6 Å². The smallest absolute Gasteiger partial charge is 0.303 e. The molecule has 29 heavy (non-hydrogen) atoms. The quantitative estimate of drug-likeness (QED) is 0.556. The molecule has 0 aromatic carbocycles. The molecule has 0 aliphatic heterocycles. The molecule has 0 amide bonds. The van der Waals surface area contributed by atoms with E-state index in [1.807, 2.05) is 6.92 Å². The predicted octanol–water partition coefficient (Wildman–Crippen LogP) is 3.42. The van der Waals surface area contributed by atoms with Gasteiger partial charge in [-0.3, -0.25) is 9.59 Å². The molecular weight excluding hydrogens is 368 g/mol. The Bertz CT molecular complexity index is 744. The van der Waals surface area contributed by atoms with Crippen LogP contribution < -0.4 is 0 Å². The minimum absolute atomic E-state index is 0.134. The Balaban J connectivity index is 1.64. The van der Waals surface area contributed by atoms with Crippen LogP contribution in [0.3, 0.4) is 0 Å². The second-order valence-corrected chi connectivity index (χ2v) is 10.7. The van der Waals surface area contributed by atoms with Gasteiger partial charge in [-0.25, -0.2) is 0 Å². The topological polar surface area (TPSA) is 83.8 Å². The number of ether oxygens (including phenoxy) is 1. The molecule has 4 aliphatic carbocycles. The van der Waals surface area contributed by atoms with Crippen molar-refractivity contribution in [1.82, 2.24) is 0 Å². The maximum atomic E-state index is 13.1. The van der Waals surface area contributed by atoms with Gasteiger partial charge in [0.05, 0.1) is 6.10 Å². The van der Waals surface area contributed by atoms with Crippen molar-refractivity contribution in [2.24, 2.45) is 34.5 Å². The fourth-order valence-corrected chi connectivity index (χ4v) is 7.85. The summed E-state index contributed by atoms with van der Waals surface area (Å²) in [4.78, 5) is 24.3. The largest absolute Gasteiger partial charge is 0.458 e. The molecule has 4 aliphatic rings. The van der Waals surface area contributed by atoms with Crippen molar-refractivity contribution < 1.29 is 24.5 Å². The second kappa shape index (κ2) is 6.91. The Morgan fingerprint density at radius 2 is 1.93 bits per heavy atom. The van der Waals surface area contributed by atoms with E-state index >= 15 is 0 Å².